The zero-order chi connectivity index (χ0) is 18.6. The molecule has 1 fully saturated rings. The standard InChI is InChI=1S/C23H22N2O2/c26-22(25-13-3-4-14-25)15-17-7-11-21(12-8-17)24-23(27)20-10-9-18-5-1-2-6-19(18)16-20/h1-2,5-12,16H,3-4,13-15H2,(H,24,27). The Labute approximate surface area is 158 Å². The van der Waals surface area contributed by atoms with Crippen LogP contribution in [0.25, 0.3) is 10.8 Å². The minimum atomic E-state index is -0.137. The third kappa shape index (κ3) is 4.00. The number of carbonyl (C=O) groups excluding carboxylic acids is 2. The number of rotatable bonds is 4. The Bertz CT molecular complexity index is 973. The van der Waals surface area contributed by atoms with Crippen LogP contribution in [0.5, 0.6) is 0 Å². The zero-order valence-corrected chi connectivity index (χ0v) is 15.2. The summed E-state index contributed by atoms with van der Waals surface area (Å²) in [5.41, 5.74) is 2.32. The van der Waals surface area contributed by atoms with Crippen molar-refractivity contribution in [2.24, 2.45) is 0 Å². The first kappa shape index (κ1) is 17.3. The monoisotopic (exact) mass is 358 g/mol. The third-order valence-corrected chi connectivity index (χ3v) is 5.04. The van der Waals surface area contributed by atoms with E-state index in [2.05, 4.69) is 5.32 Å². The van der Waals surface area contributed by atoms with Gasteiger partial charge in [-0.05, 0) is 53.4 Å². The summed E-state index contributed by atoms with van der Waals surface area (Å²) in [5.74, 6) is 0.0436. The summed E-state index contributed by atoms with van der Waals surface area (Å²) in [5, 5.41) is 5.08. The van der Waals surface area contributed by atoms with Crippen LogP contribution in [-0.2, 0) is 11.2 Å². The van der Waals surface area contributed by atoms with Crippen molar-refractivity contribution in [3.63, 3.8) is 0 Å². The van der Waals surface area contributed by atoms with Crippen LogP contribution in [0, 0.1) is 0 Å². The quantitative estimate of drug-likeness (QED) is 0.758. The van der Waals surface area contributed by atoms with Crippen molar-refractivity contribution in [1.29, 1.82) is 0 Å². The highest BCUT2D eigenvalue weighted by atomic mass is 16.2. The van der Waals surface area contributed by atoms with Gasteiger partial charge >= 0.3 is 0 Å². The molecular formula is C23H22N2O2. The van der Waals surface area contributed by atoms with Crippen molar-refractivity contribution < 1.29 is 9.59 Å². The summed E-state index contributed by atoms with van der Waals surface area (Å²) in [7, 11) is 0. The molecule has 27 heavy (non-hydrogen) atoms. The first-order valence-corrected chi connectivity index (χ1v) is 9.36. The highest BCUT2D eigenvalue weighted by molar-refractivity contribution is 6.06. The summed E-state index contributed by atoms with van der Waals surface area (Å²) in [4.78, 5) is 26.7. The molecule has 0 atom stereocenters. The SMILES string of the molecule is O=C(Nc1ccc(CC(=O)N2CCCC2)cc1)c1ccc2ccccc2c1. The lowest BCUT2D eigenvalue weighted by Gasteiger charge is -2.15. The average Bonchev–Trinajstić information content (AvgIpc) is 3.24. The maximum Gasteiger partial charge on any atom is 0.255 e. The van der Waals surface area contributed by atoms with Crippen molar-refractivity contribution in [2.75, 3.05) is 18.4 Å². The van der Waals surface area contributed by atoms with E-state index in [1.54, 1.807) is 0 Å². The van der Waals surface area contributed by atoms with E-state index in [1.807, 2.05) is 71.6 Å². The van der Waals surface area contributed by atoms with Gasteiger partial charge in [-0.3, -0.25) is 9.59 Å². The Hall–Kier alpha value is -3.14. The van der Waals surface area contributed by atoms with Crippen LogP contribution in [0.15, 0.2) is 66.7 Å². The molecule has 0 aromatic heterocycles. The maximum atomic E-state index is 12.5. The van der Waals surface area contributed by atoms with E-state index < -0.39 is 0 Å². The van der Waals surface area contributed by atoms with E-state index in [0.717, 1.165) is 48.0 Å². The number of hydrogen-bond donors (Lipinski definition) is 1. The number of carbonyl (C=O) groups is 2. The molecule has 3 aromatic rings. The molecule has 1 aliphatic rings. The van der Waals surface area contributed by atoms with Crippen LogP contribution < -0.4 is 5.32 Å². The largest absolute Gasteiger partial charge is 0.342 e. The summed E-state index contributed by atoms with van der Waals surface area (Å²) >= 11 is 0. The molecule has 3 aromatic carbocycles. The normalized spacial score (nSPS) is 13.7. The first-order chi connectivity index (χ1) is 13.2. The van der Waals surface area contributed by atoms with Gasteiger partial charge in [-0.25, -0.2) is 0 Å². The molecule has 1 saturated heterocycles. The average molecular weight is 358 g/mol. The fraction of sp³-hybridized carbons (Fsp3) is 0.217. The van der Waals surface area contributed by atoms with Gasteiger partial charge in [0.25, 0.3) is 5.91 Å². The van der Waals surface area contributed by atoms with E-state index in [0.29, 0.717) is 12.0 Å². The topological polar surface area (TPSA) is 49.4 Å². The molecule has 0 unspecified atom stereocenters. The molecule has 0 bridgehead atoms. The number of anilines is 1. The van der Waals surface area contributed by atoms with Gasteiger partial charge in [-0.15, -0.1) is 0 Å². The van der Waals surface area contributed by atoms with Gasteiger partial charge in [0.1, 0.15) is 0 Å². The van der Waals surface area contributed by atoms with Crippen LogP contribution in [0.1, 0.15) is 28.8 Å². The molecule has 2 amide bonds. The number of amides is 2. The van der Waals surface area contributed by atoms with Crippen molar-refractivity contribution in [2.45, 2.75) is 19.3 Å². The van der Waals surface area contributed by atoms with E-state index >= 15 is 0 Å². The first-order valence-electron chi connectivity index (χ1n) is 9.36. The van der Waals surface area contributed by atoms with Crippen molar-refractivity contribution in [3.05, 3.63) is 77.9 Å². The molecule has 1 heterocycles. The highest BCUT2D eigenvalue weighted by Crippen LogP contribution is 2.18. The smallest absolute Gasteiger partial charge is 0.255 e. The van der Waals surface area contributed by atoms with Crippen LogP contribution in [-0.4, -0.2) is 29.8 Å². The van der Waals surface area contributed by atoms with Gasteiger partial charge in [0.2, 0.25) is 5.91 Å². The predicted molar refractivity (Wildman–Crippen MR) is 108 cm³/mol. The second-order valence-corrected chi connectivity index (χ2v) is 6.98. The number of nitrogens with one attached hydrogen (secondary N) is 1. The Morgan fingerprint density at radius 1 is 0.852 bits per heavy atom. The number of nitrogens with zero attached hydrogens (tertiary/aromatic N) is 1. The molecule has 4 rings (SSSR count). The second kappa shape index (κ2) is 7.62. The number of benzene rings is 3. The minimum absolute atomic E-state index is 0.137. The summed E-state index contributed by atoms with van der Waals surface area (Å²) < 4.78 is 0. The lowest BCUT2D eigenvalue weighted by Crippen LogP contribution is -2.29. The summed E-state index contributed by atoms with van der Waals surface area (Å²) in [6.07, 6.45) is 2.62. The van der Waals surface area contributed by atoms with Crippen molar-refractivity contribution in [3.8, 4) is 0 Å². The van der Waals surface area contributed by atoms with Crippen LogP contribution in [0.4, 0.5) is 5.69 Å². The second-order valence-electron chi connectivity index (χ2n) is 6.98. The summed E-state index contributed by atoms with van der Waals surface area (Å²) in [6.45, 7) is 1.75. The molecule has 0 spiro atoms. The number of fused-ring (bicyclic) bond motifs is 1. The molecule has 4 nitrogen and oxygen atoms in total. The Kier molecular flexibility index (Phi) is 4.88. The minimum Gasteiger partial charge on any atom is -0.342 e. The molecule has 0 radical (unpaired) electrons. The molecule has 1 N–H and O–H groups in total. The van der Waals surface area contributed by atoms with Gasteiger partial charge in [0, 0.05) is 24.3 Å². The fourth-order valence-corrected chi connectivity index (χ4v) is 3.49. The molecule has 1 aliphatic heterocycles. The molecule has 136 valence electrons. The molecule has 4 heteroatoms. The van der Waals surface area contributed by atoms with E-state index in [9.17, 15) is 9.59 Å². The van der Waals surface area contributed by atoms with E-state index in [1.165, 1.54) is 0 Å². The predicted octanol–water partition coefficient (Wildman–Crippen LogP) is 4.26. The molecular weight excluding hydrogens is 336 g/mol. The Morgan fingerprint density at radius 3 is 2.30 bits per heavy atom. The maximum absolute atomic E-state index is 12.5. The Balaban J connectivity index is 1.41. The van der Waals surface area contributed by atoms with Crippen LogP contribution in [0.2, 0.25) is 0 Å². The van der Waals surface area contributed by atoms with Crippen LogP contribution >= 0.6 is 0 Å². The third-order valence-electron chi connectivity index (χ3n) is 5.04. The fourth-order valence-electron chi connectivity index (χ4n) is 3.49. The van der Waals surface area contributed by atoms with E-state index in [4.69, 9.17) is 0 Å². The number of likely N-dealkylation sites (tertiary alicyclic amines) is 1. The Morgan fingerprint density at radius 2 is 1.56 bits per heavy atom. The van der Waals surface area contributed by atoms with Gasteiger partial charge in [-0.1, -0.05) is 42.5 Å². The molecule has 0 aliphatic carbocycles. The van der Waals surface area contributed by atoms with Crippen LogP contribution in [0.3, 0.4) is 0 Å². The highest BCUT2D eigenvalue weighted by Gasteiger charge is 2.17. The number of hydrogen-bond acceptors (Lipinski definition) is 2. The zero-order valence-electron chi connectivity index (χ0n) is 15.2. The lowest BCUT2D eigenvalue weighted by molar-refractivity contribution is -0.129. The summed E-state index contributed by atoms with van der Waals surface area (Å²) in [6, 6.07) is 21.2. The van der Waals surface area contributed by atoms with E-state index in [-0.39, 0.29) is 11.8 Å². The van der Waals surface area contributed by atoms with Gasteiger partial charge in [-0.2, -0.15) is 0 Å². The van der Waals surface area contributed by atoms with Crippen molar-refractivity contribution >= 4 is 28.3 Å². The van der Waals surface area contributed by atoms with Gasteiger partial charge in [0.05, 0.1) is 6.42 Å². The van der Waals surface area contributed by atoms with Crippen molar-refractivity contribution in [1.82, 2.24) is 4.90 Å². The van der Waals surface area contributed by atoms with Gasteiger partial charge in [0.15, 0.2) is 0 Å². The lowest BCUT2D eigenvalue weighted by atomic mass is 10.1. The van der Waals surface area contributed by atoms with Gasteiger partial charge < -0.3 is 10.2 Å². The molecule has 0 saturated carbocycles.